The molecule has 2 aliphatic heterocycles. The summed E-state index contributed by atoms with van der Waals surface area (Å²) < 4.78 is 5.62. The summed E-state index contributed by atoms with van der Waals surface area (Å²) in [6, 6.07) is 8.38. The van der Waals surface area contributed by atoms with Crippen molar-refractivity contribution in [3.63, 3.8) is 0 Å². The van der Waals surface area contributed by atoms with Gasteiger partial charge in [-0.25, -0.2) is 4.79 Å². The van der Waals surface area contributed by atoms with Crippen LogP contribution in [0.4, 0.5) is 0 Å². The van der Waals surface area contributed by atoms with Gasteiger partial charge in [0.15, 0.2) is 0 Å². The number of esters is 1. The van der Waals surface area contributed by atoms with E-state index in [2.05, 4.69) is 0 Å². The second kappa shape index (κ2) is 6.61. The second-order valence-corrected chi connectivity index (χ2v) is 6.63. The summed E-state index contributed by atoms with van der Waals surface area (Å²) in [5.74, 6) is 0.393. The minimum atomic E-state index is -0.165. The average Bonchev–Trinajstić information content (AvgIpc) is 2.52. The van der Waals surface area contributed by atoms with Crippen molar-refractivity contribution >= 4 is 5.97 Å². The minimum absolute atomic E-state index is 0.165. The molecular formula is C18H26NO2+. The van der Waals surface area contributed by atoms with Crippen molar-refractivity contribution in [2.75, 3.05) is 19.7 Å². The molecule has 1 unspecified atom stereocenters. The molecule has 2 fully saturated rings. The molecule has 21 heavy (non-hydrogen) atoms. The molecular weight excluding hydrogens is 262 g/mol. The van der Waals surface area contributed by atoms with Gasteiger partial charge < -0.3 is 9.64 Å². The van der Waals surface area contributed by atoms with Gasteiger partial charge in [0.25, 0.3) is 0 Å². The number of aryl methyl sites for hydroxylation is 1. The Morgan fingerprint density at radius 1 is 1.24 bits per heavy atom. The van der Waals surface area contributed by atoms with Gasteiger partial charge in [-0.15, -0.1) is 0 Å². The lowest BCUT2D eigenvalue weighted by Crippen LogP contribution is -3.18. The number of nitrogens with one attached hydrogen (secondary N) is 1. The van der Waals surface area contributed by atoms with Crippen LogP contribution in [-0.4, -0.2) is 31.7 Å². The molecule has 0 aliphatic carbocycles. The van der Waals surface area contributed by atoms with Crippen molar-refractivity contribution in [3.8, 4) is 0 Å². The number of benzene rings is 1. The first-order valence-corrected chi connectivity index (χ1v) is 8.32. The highest BCUT2D eigenvalue weighted by molar-refractivity contribution is 5.89. The van der Waals surface area contributed by atoms with Crippen LogP contribution in [0.3, 0.4) is 0 Å². The molecule has 0 aromatic heterocycles. The van der Waals surface area contributed by atoms with Gasteiger partial charge in [-0.3, -0.25) is 0 Å². The fourth-order valence-corrected chi connectivity index (χ4v) is 4.02. The molecule has 2 heterocycles. The largest absolute Gasteiger partial charge is 0.462 e. The number of piperidine rings is 2. The Morgan fingerprint density at radius 3 is 2.95 bits per heavy atom. The van der Waals surface area contributed by atoms with E-state index in [9.17, 15) is 4.79 Å². The predicted octanol–water partition coefficient (Wildman–Crippen LogP) is 2.00. The van der Waals surface area contributed by atoms with E-state index >= 15 is 0 Å². The Bertz CT molecular complexity index is 498. The van der Waals surface area contributed by atoms with Crippen LogP contribution in [-0.2, 0) is 4.74 Å². The highest BCUT2D eigenvalue weighted by Crippen LogP contribution is 2.21. The van der Waals surface area contributed by atoms with E-state index in [1.807, 2.05) is 31.2 Å². The highest BCUT2D eigenvalue weighted by atomic mass is 16.5. The third-order valence-electron chi connectivity index (χ3n) is 5.11. The molecule has 0 saturated carbocycles. The van der Waals surface area contributed by atoms with Crippen LogP contribution in [0, 0.1) is 12.8 Å². The predicted molar refractivity (Wildman–Crippen MR) is 82.5 cm³/mol. The maximum absolute atomic E-state index is 12.2. The standard InChI is InChI=1S/C18H25NO2/c1-14-6-4-7-15(12-14)18(20)21-13-16-8-5-11-19-10-3-2-9-17(16)19/h4,6-7,12,16-17H,2-3,5,8-11,13H2,1H3/p+1/t16-,17+/m1/s1. The minimum Gasteiger partial charge on any atom is -0.462 e. The summed E-state index contributed by atoms with van der Waals surface area (Å²) in [6.45, 7) is 5.22. The average molecular weight is 288 g/mol. The van der Waals surface area contributed by atoms with E-state index in [0.29, 0.717) is 18.1 Å². The zero-order valence-corrected chi connectivity index (χ0v) is 12.9. The molecule has 0 amide bonds. The number of carbonyl (C=O) groups excluding carboxylic acids is 1. The van der Waals surface area contributed by atoms with E-state index < -0.39 is 0 Å². The lowest BCUT2D eigenvalue weighted by molar-refractivity contribution is -0.940. The Hall–Kier alpha value is -1.35. The zero-order valence-electron chi connectivity index (χ0n) is 12.9. The monoisotopic (exact) mass is 288 g/mol. The van der Waals surface area contributed by atoms with E-state index in [1.165, 1.54) is 45.2 Å². The number of rotatable bonds is 3. The third-order valence-corrected chi connectivity index (χ3v) is 5.11. The molecule has 0 spiro atoms. The van der Waals surface area contributed by atoms with Gasteiger partial charge in [0.1, 0.15) is 6.61 Å². The van der Waals surface area contributed by atoms with E-state index in [-0.39, 0.29) is 5.97 Å². The SMILES string of the molecule is Cc1cccc(C(=O)OC[C@H]2CCC[NH+]3CCCC[C@@H]23)c1. The molecule has 3 heteroatoms. The van der Waals surface area contributed by atoms with E-state index in [0.717, 1.165) is 11.6 Å². The van der Waals surface area contributed by atoms with Gasteiger partial charge in [-0.2, -0.15) is 0 Å². The van der Waals surface area contributed by atoms with Crippen molar-refractivity contribution in [3.05, 3.63) is 35.4 Å². The maximum atomic E-state index is 12.2. The number of ether oxygens (including phenoxy) is 1. The van der Waals surface area contributed by atoms with Crippen molar-refractivity contribution in [2.45, 2.75) is 45.1 Å². The van der Waals surface area contributed by atoms with Gasteiger partial charge >= 0.3 is 5.97 Å². The molecule has 1 aromatic rings. The zero-order chi connectivity index (χ0) is 14.7. The van der Waals surface area contributed by atoms with Crippen LogP contribution in [0.15, 0.2) is 24.3 Å². The number of carbonyl (C=O) groups is 1. The second-order valence-electron chi connectivity index (χ2n) is 6.63. The normalized spacial score (nSPS) is 28.7. The smallest absolute Gasteiger partial charge is 0.338 e. The Kier molecular flexibility index (Phi) is 4.59. The molecule has 3 atom stereocenters. The topological polar surface area (TPSA) is 30.7 Å². The number of hydrogen-bond acceptors (Lipinski definition) is 2. The van der Waals surface area contributed by atoms with E-state index in [1.54, 1.807) is 4.90 Å². The summed E-state index contributed by atoms with van der Waals surface area (Å²) >= 11 is 0. The molecule has 1 N–H and O–H groups in total. The third kappa shape index (κ3) is 3.46. The molecule has 1 aromatic carbocycles. The van der Waals surface area contributed by atoms with Gasteiger partial charge in [-0.05, 0) is 51.2 Å². The first-order valence-electron chi connectivity index (χ1n) is 8.32. The molecule has 3 rings (SSSR count). The van der Waals surface area contributed by atoms with Crippen LogP contribution >= 0.6 is 0 Å². The van der Waals surface area contributed by atoms with Crippen molar-refractivity contribution in [1.29, 1.82) is 0 Å². The van der Waals surface area contributed by atoms with Crippen molar-refractivity contribution in [2.24, 2.45) is 5.92 Å². The van der Waals surface area contributed by atoms with Gasteiger partial charge in [0, 0.05) is 5.92 Å². The number of hydrogen-bond donors (Lipinski definition) is 1. The van der Waals surface area contributed by atoms with Crippen LogP contribution in [0.5, 0.6) is 0 Å². The lowest BCUT2D eigenvalue weighted by atomic mass is 9.84. The summed E-state index contributed by atoms with van der Waals surface area (Å²) in [7, 11) is 0. The Morgan fingerprint density at radius 2 is 2.10 bits per heavy atom. The maximum Gasteiger partial charge on any atom is 0.338 e. The van der Waals surface area contributed by atoms with Crippen LogP contribution < -0.4 is 4.90 Å². The number of fused-ring (bicyclic) bond motifs is 1. The first kappa shape index (κ1) is 14.6. The fourth-order valence-electron chi connectivity index (χ4n) is 4.02. The summed E-state index contributed by atoms with van der Waals surface area (Å²) in [6.07, 6.45) is 6.51. The highest BCUT2D eigenvalue weighted by Gasteiger charge is 2.37. The fraction of sp³-hybridized carbons (Fsp3) is 0.611. The van der Waals surface area contributed by atoms with Gasteiger partial charge in [0.05, 0.1) is 24.7 Å². The molecule has 0 bridgehead atoms. The van der Waals surface area contributed by atoms with Crippen LogP contribution in [0.2, 0.25) is 0 Å². The van der Waals surface area contributed by atoms with Gasteiger partial charge in [0.2, 0.25) is 0 Å². The van der Waals surface area contributed by atoms with Gasteiger partial charge in [-0.1, -0.05) is 17.7 Å². The quantitative estimate of drug-likeness (QED) is 0.863. The number of quaternary nitrogens is 1. The molecule has 114 valence electrons. The molecule has 2 aliphatic rings. The summed E-state index contributed by atoms with van der Waals surface area (Å²) in [5, 5.41) is 0. The lowest BCUT2D eigenvalue weighted by Gasteiger charge is -2.40. The van der Waals surface area contributed by atoms with E-state index in [4.69, 9.17) is 4.74 Å². The first-order chi connectivity index (χ1) is 10.2. The molecule has 2 saturated heterocycles. The Balaban J connectivity index is 1.57. The van der Waals surface area contributed by atoms with Crippen molar-refractivity contribution in [1.82, 2.24) is 0 Å². The summed E-state index contributed by atoms with van der Waals surface area (Å²) in [4.78, 5) is 13.9. The van der Waals surface area contributed by atoms with Crippen LogP contribution in [0.1, 0.15) is 48.0 Å². The molecule has 0 radical (unpaired) electrons. The summed E-state index contributed by atoms with van der Waals surface area (Å²) in [5.41, 5.74) is 1.78. The molecule has 3 nitrogen and oxygen atoms in total. The van der Waals surface area contributed by atoms with Crippen molar-refractivity contribution < 1.29 is 14.4 Å². The Labute approximate surface area is 127 Å². The van der Waals surface area contributed by atoms with Crippen LogP contribution in [0.25, 0.3) is 0 Å².